The van der Waals surface area contributed by atoms with Gasteiger partial charge >= 0.3 is 6.36 Å². The number of hydrogen-bond acceptors (Lipinski definition) is 2. The van der Waals surface area contributed by atoms with Crippen molar-refractivity contribution in [2.75, 3.05) is 0 Å². The van der Waals surface area contributed by atoms with E-state index in [9.17, 15) is 13.2 Å². The number of hydrogen-bond donors (Lipinski definition) is 3. The zero-order valence-electron chi connectivity index (χ0n) is 9.28. The van der Waals surface area contributed by atoms with Gasteiger partial charge in [0.15, 0.2) is 11.7 Å². The Hall–Kier alpha value is -1.97. The summed E-state index contributed by atoms with van der Waals surface area (Å²) in [5, 5.41) is 0. The molecule has 6 N–H and O–H groups in total. The lowest BCUT2D eigenvalue weighted by atomic mass is 10.3. The number of rotatable bonds is 2. The van der Waals surface area contributed by atoms with E-state index in [2.05, 4.69) is 30.7 Å². The summed E-state index contributed by atoms with van der Waals surface area (Å²) < 4.78 is 40.8. The van der Waals surface area contributed by atoms with Crippen LogP contribution < -0.4 is 21.9 Å². The third kappa shape index (κ3) is 5.46. The molecule has 0 unspecified atom stereocenters. The second-order valence-corrected chi connectivity index (χ2v) is 4.08. The maximum absolute atomic E-state index is 12.2. The smallest absolute Gasteiger partial charge is 0.403 e. The molecule has 0 bridgehead atoms. The molecule has 0 heterocycles. The summed E-state index contributed by atoms with van der Waals surface area (Å²) in [6.45, 7) is 0. The van der Waals surface area contributed by atoms with E-state index in [1.807, 2.05) is 0 Å². The van der Waals surface area contributed by atoms with Crippen molar-refractivity contribution in [3.8, 4) is 5.75 Å². The van der Waals surface area contributed by atoms with Gasteiger partial charge in [0.05, 0.1) is 0 Å². The molecule has 0 aliphatic carbocycles. The van der Waals surface area contributed by atoms with Crippen LogP contribution in [0.1, 0.15) is 0 Å². The summed E-state index contributed by atoms with van der Waals surface area (Å²) in [4.78, 5) is 7.02. The number of benzene rings is 1. The number of halogens is 4. The van der Waals surface area contributed by atoms with Crippen LogP contribution >= 0.6 is 15.9 Å². The fourth-order valence-corrected chi connectivity index (χ4v) is 1.42. The van der Waals surface area contributed by atoms with Crippen molar-refractivity contribution in [3.05, 3.63) is 22.7 Å². The van der Waals surface area contributed by atoms with E-state index >= 15 is 0 Å². The molecule has 0 aliphatic heterocycles. The Morgan fingerprint density at radius 3 is 2.37 bits per heavy atom. The molecule has 19 heavy (non-hydrogen) atoms. The summed E-state index contributed by atoms with van der Waals surface area (Å²) in [7, 11) is 0. The van der Waals surface area contributed by atoms with Gasteiger partial charge in [-0.3, -0.25) is 0 Å². The summed E-state index contributed by atoms with van der Waals surface area (Å²) in [6.07, 6.45) is -4.84. The van der Waals surface area contributed by atoms with Crippen LogP contribution in [0.4, 0.5) is 18.9 Å². The van der Waals surface area contributed by atoms with E-state index in [-0.39, 0.29) is 11.6 Å². The van der Waals surface area contributed by atoms with E-state index < -0.39 is 18.1 Å². The molecule has 104 valence electrons. The van der Waals surface area contributed by atoms with Crippen molar-refractivity contribution in [2.24, 2.45) is 27.2 Å². The first-order valence-electron chi connectivity index (χ1n) is 4.66. The maximum Gasteiger partial charge on any atom is 0.573 e. The zero-order valence-corrected chi connectivity index (χ0v) is 10.9. The van der Waals surface area contributed by atoms with Crippen LogP contribution in [0.15, 0.2) is 32.7 Å². The number of nitrogens with zero attached hydrogens (tertiary/aromatic N) is 2. The lowest BCUT2D eigenvalue weighted by Crippen LogP contribution is -2.26. The standard InChI is InChI=1S/C9H9BrF3N5O/c10-4-1-2-6(19-9(11,12)13)5(3-4)17-8(16)18-7(14)15/h1-3H,(H6,14,15,16,17,18). The van der Waals surface area contributed by atoms with Crippen LogP contribution in [0.5, 0.6) is 5.75 Å². The fourth-order valence-electron chi connectivity index (χ4n) is 1.07. The number of alkyl halides is 3. The molecule has 0 saturated carbocycles. The molecule has 1 rings (SSSR count). The average molecular weight is 340 g/mol. The van der Waals surface area contributed by atoms with Gasteiger partial charge in [-0.15, -0.1) is 13.2 Å². The van der Waals surface area contributed by atoms with Gasteiger partial charge < -0.3 is 21.9 Å². The second-order valence-electron chi connectivity index (χ2n) is 3.17. The van der Waals surface area contributed by atoms with E-state index in [1.165, 1.54) is 12.1 Å². The van der Waals surface area contributed by atoms with Gasteiger partial charge in [-0.2, -0.15) is 4.99 Å². The largest absolute Gasteiger partial charge is 0.573 e. The predicted molar refractivity (Wildman–Crippen MR) is 67.9 cm³/mol. The quantitative estimate of drug-likeness (QED) is 0.560. The number of aliphatic imine (C=N–C) groups is 2. The van der Waals surface area contributed by atoms with Crippen molar-refractivity contribution in [3.63, 3.8) is 0 Å². The van der Waals surface area contributed by atoms with Crippen LogP contribution in [-0.4, -0.2) is 18.3 Å². The molecule has 0 spiro atoms. The van der Waals surface area contributed by atoms with Crippen molar-refractivity contribution in [1.29, 1.82) is 0 Å². The molecule has 0 amide bonds. The Kier molecular flexibility index (Phi) is 4.59. The number of nitrogens with two attached hydrogens (primary N) is 3. The first kappa shape index (κ1) is 15.1. The van der Waals surface area contributed by atoms with E-state index in [0.29, 0.717) is 4.47 Å². The van der Waals surface area contributed by atoms with Crippen molar-refractivity contribution < 1.29 is 17.9 Å². The number of guanidine groups is 2. The topological polar surface area (TPSA) is 112 Å². The van der Waals surface area contributed by atoms with Gasteiger partial charge in [0.1, 0.15) is 5.69 Å². The molecule has 0 aliphatic rings. The summed E-state index contributed by atoms with van der Waals surface area (Å²) in [5.74, 6) is -1.29. The molecular weight excluding hydrogens is 331 g/mol. The molecule has 10 heteroatoms. The summed E-state index contributed by atoms with van der Waals surface area (Å²) >= 11 is 3.08. The highest BCUT2D eigenvalue weighted by Crippen LogP contribution is 2.34. The SMILES string of the molecule is NC(N)=NC(N)=Nc1cc(Br)ccc1OC(F)(F)F. The van der Waals surface area contributed by atoms with Crippen LogP contribution in [-0.2, 0) is 0 Å². The van der Waals surface area contributed by atoms with E-state index in [0.717, 1.165) is 6.07 Å². The monoisotopic (exact) mass is 339 g/mol. The maximum atomic E-state index is 12.2. The molecule has 0 saturated heterocycles. The Bertz CT molecular complexity index is 525. The predicted octanol–water partition coefficient (Wildman–Crippen LogP) is 1.57. The fraction of sp³-hybridized carbons (Fsp3) is 0.111. The molecule has 6 nitrogen and oxygen atoms in total. The zero-order chi connectivity index (χ0) is 14.6. The van der Waals surface area contributed by atoms with Crippen LogP contribution in [0.25, 0.3) is 0 Å². The van der Waals surface area contributed by atoms with Crippen LogP contribution in [0.2, 0.25) is 0 Å². The molecule has 0 fully saturated rings. The molecule has 0 aromatic heterocycles. The summed E-state index contributed by atoms with van der Waals surface area (Å²) in [5.41, 5.74) is 15.3. The minimum atomic E-state index is -4.84. The highest BCUT2D eigenvalue weighted by Gasteiger charge is 2.32. The lowest BCUT2D eigenvalue weighted by molar-refractivity contribution is -0.274. The summed E-state index contributed by atoms with van der Waals surface area (Å²) in [6, 6.07) is 3.71. The van der Waals surface area contributed by atoms with Crippen LogP contribution in [0.3, 0.4) is 0 Å². The highest BCUT2D eigenvalue weighted by molar-refractivity contribution is 9.10. The highest BCUT2D eigenvalue weighted by atomic mass is 79.9. The first-order valence-corrected chi connectivity index (χ1v) is 5.46. The van der Waals surface area contributed by atoms with Gasteiger partial charge in [0.2, 0.25) is 5.96 Å². The van der Waals surface area contributed by atoms with Crippen molar-refractivity contribution in [1.82, 2.24) is 0 Å². The lowest BCUT2D eigenvalue weighted by Gasteiger charge is -2.11. The minimum absolute atomic E-state index is 0.172. The van der Waals surface area contributed by atoms with Crippen molar-refractivity contribution >= 4 is 33.5 Å². The third-order valence-corrected chi connectivity index (χ3v) is 2.12. The molecule has 1 aromatic carbocycles. The number of ether oxygens (including phenoxy) is 1. The molecule has 1 aromatic rings. The van der Waals surface area contributed by atoms with Gasteiger partial charge in [-0.05, 0) is 18.2 Å². The Morgan fingerprint density at radius 2 is 1.84 bits per heavy atom. The van der Waals surface area contributed by atoms with Crippen molar-refractivity contribution in [2.45, 2.75) is 6.36 Å². The van der Waals surface area contributed by atoms with Crippen LogP contribution in [0, 0.1) is 0 Å². The average Bonchev–Trinajstić information content (AvgIpc) is 2.19. The first-order chi connectivity index (χ1) is 8.67. The third-order valence-electron chi connectivity index (χ3n) is 1.63. The van der Waals surface area contributed by atoms with Gasteiger partial charge in [0.25, 0.3) is 0 Å². The molecular formula is C9H9BrF3N5O. The Labute approximate surface area is 114 Å². The Morgan fingerprint density at radius 1 is 1.21 bits per heavy atom. The van der Waals surface area contributed by atoms with E-state index in [4.69, 9.17) is 17.2 Å². The molecule has 0 radical (unpaired) electrons. The second kappa shape index (κ2) is 5.78. The molecule has 0 atom stereocenters. The van der Waals surface area contributed by atoms with Gasteiger partial charge in [-0.1, -0.05) is 15.9 Å². The van der Waals surface area contributed by atoms with E-state index in [1.54, 1.807) is 0 Å². The minimum Gasteiger partial charge on any atom is -0.403 e. The van der Waals surface area contributed by atoms with Gasteiger partial charge in [0, 0.05) is 4.47 Å². The Balaban J connectivity index is 3.18. The van der Waals surface area contributed by atoms with Gasteiger partial charge in [-0.25, -0.2) is 4.99 Å². The normalized spacial score (nSPS) is 12.1.